The van der Waals surface area contributed by atoms with Crippen LogP contribution in [0.25, 0.3) is 266 Å². The molecule has 27 rings (SSSR count). The number of nitrogens with zero attached hydrogens (tertiary/aromatic N) is 9. The molecule has 12 nitrogen and oxygen atoms in total. The molecular weight excluding hydrogens is 1680 g/mol. The van der Waals surface area contributed by atoms with Gasteiger partial charge in [0.15, 0.2) is 11.6 Å². The number of benzene rings is 17. The maximum absolute atomic E-state index is 6.62. The molecular formula is C125H77N9O3. The molecule has 0 amide bonds. The number of hydrogen-bond acceptors (Lipinski definition) is 12. The lowest BCUT2D eigenvalue weighted by molar-refractivity contribution is 0.672. The van der Waals surface area contributed by atoms with E-state index in [1.54, 1.807) is 0 Å². The van der Waals surface area contributed by atoms with Crippen LogP contribution in [0, 0.1) is 0 Å². The van der Waals surface area contributed by atoms with Gasteiger partial charge in [0.2, 0.25) is 0 Å². The van der Waals surface area contributed by atoms with Crippen molar-refractivity contribution in [2.75, 3.05) is 0 Å². The molecule has 0 atom stereocenters. The molecule has 27 aromatic rings. The first-order valence-corrected chi connectivity index (χ1v) is 45.7. The smallest absolute Gasteiger partial charge is 0.160 e. The van der Waals surface area contributed by atoms with Gasteiger partial charge in [-0.05, 0) is 142 Å². The molecule has 0 spiro atoms. The number of furan rings is 3. The Balaban J connectivity index is 0.000000109. The van der Waals surface area contributed by atoms with Gasteiger partial charge in [0.25, 0.3) is 0 Å². The van der Waals surface area contributed by atoms with Crippen molar-refractivity contribution >= 4 is 120 Å². The van der Waals surface area contributed by atoms with E-state index >= 15 is 0 Å². The number of rotatable bonds is 13. The number of pyridine rings is 5. The largest absolute Gasteiger partial charge is 0.455 e. The third-order valence-corrected chi connectivity index (χ3v) is 25.8. The highest BCUT2D eigenvalue weighted by Gasteiger charge is 2.25. The minimum Gasteiger partial charge on any atom is -0.455 e. The molecule has 0 radical (unpaired) electrons. The molecule has 137 heavy (non-hydrogen) atoms. The van der Waals surface area contributed by atoms with Gasteiger partial charge in [-0.2, -0.15) is 0 Å². The van der Waals surface area contributed by atoms with E-state index in [1.165, 1.54) is 0 Å². The first kappa shape index (κ1) is 80.4. The van der Waals surface area contributed by atoms with Crippen molar-refractivity contribution in [3.05, 3.63) is 468 Å². The standard InChI is InChI=1S/2C43H27N3O.C39H23N3O/c1-3-13-28(14-4-1)38-27-39(46-43(45-38)29-15-5-2-6-16-29)31-18-11-17-30(25-31)32-21-12-23-40-41(32)36-26-35(37-22-9-10-24-44-37)33-19-7-8-20-34(33)42(36)47-40;1-3-12-29(13-4-1)38-27-39(46-43(45-38)31-14-5-2-6-15-31)30-23-21-28(22-24-30)32-18-11-20-40-41(32)36-26-35(37-19-9-10-25-44-37)33-16-7-8-17-34(33)42(36)47-40;1-2-9-24(10-3-1)32-20-18-25-16-17-26-19-21-34(42-38(26)37(25)41-32)29-13-8-15-35-36(29)31-23-30(33-14-6-7-22-40-33)27-11-4-5-12-28(27)39(31)43-35/h2*1-27H;1-23H. The van der Waals surface area contributed by atoms with Gasteiger partial charge >= 0.3 is 0 Å². The topological polar surface area (TPSA) is 155 Å². The zero-order chi connectivity index (χ0) is 90.6. The van der Waals surface area contributed by atoms with E-state index in [9.17, 15) is 0 Å². The average molecular weight is 1750 g/mol. The Hall–Kier alpha value is -18.7. The lowest BCUT2D eigenvalue weighted by atomic mass is 9.94. The summed E-state index contributed by atoms with van der Waals surface area (Å²) in [6.45, 7) is 0. The van der Waals surface area contributed by atoms with Gasteiger partial charge in [0, 0.05) is 139 Å². The number of hydrogen-bond donors (Lipinski definition) is 0. The Labute approximate surface area is 786 Å². The van der Waals surface area contributed by atoms with Gasteiger partial charge in [-0.1, -0.05) is 346 Å². The first-order valence-electron chi connectivity index (χ1n) is 45.7. The van der Waals surface area contributed by atoms with Crippen LogP contribution in [-0.4, -0.2) is 44.9 Å². The highest BCUT2D eigenvalue weighted by Crippen LogP contribution is 2.49. The van der Waals surface area contributed by atoms with Crippen molar-refractivity contribution in [1.29, 1.82) is 0 Å². The molecule has 0 aliphatic carbocycles. The van der Waals surface area contributed by atoms with Gasteiger partial charge in [0.1, 0.15) is 33.5 Å². The van der Waals surface area contributed by atoms with Crippen LogP contribution in [0.4, 0.5) is 0 Å². The summed E-state index contributed by atoms with van der Waals surface area (Å²) in [5, 5.41) is 15.1. The fraction of sp³-hybridized carbons (Fsp3) is 0. The Morgan fingerprint density at radius 2 is 0.453 bits per heavy atom. The van der Waals surface area contributed by atoms with Crippen molar-refractivity contribution in [1.82, 2.24) is 44.9 Å². The summed E-state index contributed by atoms with van der Waals surface area (Å²) >= 11 is 0. The zero-order valence-corrected chi connectivity index (χ0v) is 73.7. The molecule has 0 bridgehead atoms. The summed E-state index contributed by atoms with van der Waals surface area (Å²) in [5.41, 5.74) is 31.0. The van der Waals surface area contributed by atoms with Gasteiger partial charge in [-0.3, -0.25) is 15.0 Å². The molecule has 0 unspecified atom stereocenters. The number of aromatic nitrogens is 9. The normalized spacial score (nSPS) is 11.5. The molecule has 0 saturated heterocycles. The molecule has 17 aromatic carbocycles. The first-order chi connectivity index (χ1) is 67.9. The van der Waals surface area contributed by atoms with E-state index in [0.29, 0.717) is 11.6 Å². The Morgan fingerprint density at radius 3 is 0.861 bits per heavy atom. The van der Waals surface area contributed by atoms with E-state index < -0.39 is 0 Å². The highest BCUT2D eigenvalue weighted by atomic mass is 16.3. The summed E-state index contributed by atoms with van der Waals surface area (Å²) < 4.78 is 19.8. The molecule has 10 heterocycles. The van der Waals surface area contributed by atoms with Crippen LogP contribution in [0.1, 0.15) is 0 Å². The quantitative estimate of drug-likeness (QED) is 0.101. The van der Waals surface area contributed by atoms with Crippen LogP contribution in [-0.2, 0) is 0 Å². The highest BCUT2D eigenvalue weighted by molar-refractivity contribution is 6.25. The molecule has 12 heteroatoms. The van der Waals surface area contributed by atoms with Crippen molar-refractivity contribution in [2.45, 2.75) is 0 Å². The zero-order valence-electron chi connectivity index (χ0n) is 73.7. The van der Waals surface area contributed by atoms with E-state index in [2.05, 4.69) is 309 Å². The monoisotopic (exact) mass is 1750 g/mol. The molecule has 10 aromatic heterocycles. The van der Waals surface area contributed by atoms with Crippen LogP contribution in [0.3, 0.4) is 0 Å². The lowest BCUT2D eigenvalue weighted by Crippen LogP contribution is -1.96. The van der Waals surface area contributed by atoms with Crippen LogP contribution >= 0.6 is 0 Å². The third kappa shape index (κ3) is 14.9. The molecule has 0 saturated carbocycles. The summed E-state index contributed by atoms with van der Waals surface area (Å²) in [4.78, 5) is 44.5. The van der Waals surface area contributed by atoms with Crippen LogP contribution < -0.4 is 0 Å². The third-order valence-electron chi connectivity index (χ3n) is 25.8. The van der Waals surface area contributed by atoms with Gasteiger partial charge < -0.3 is 13.3 Å². The Kier molecular flexibility index (Phi) is 20.3. The maximum atomic E-state index is 6.62. The SMILES string of the molecule is c1ccc(-c2cc(-c3ccc(-c4cccc5oc6c7ccccc7c(-c7ccccn7)cc6c45)cc3)nc(-c3ccccc3)n2)cc1.c1ccc(-c2cc(-c3cccc(-c4cccc5oc6c7ccccc7c(-c7ccccn7)cc6c45)c3)nc(-c3ccccc3)n2)cc1.c1ccc(-c2ccc3ccc4ccc(-c5cccc6oc7c8ccccc8c(-c8ccccn8)cc7c56)nc4c3n2)cc1. The summed E-state index contributed by atoms with van der Waals surface area (Å²) in [6, 6.07) is 154. The fourth-order valence-electron chi connectivity index (χ4n) is 19.3. The van der Waals surface area contributed by atoms with Gasteiger partial charge in [-0.15, -0.1) is 0 Å². The number of fused-ring (bicyclic) bond motifs is 18. The molecule has 640 valence electrons. The lowest BCUT2D eigenvalue weighted by Gasteiger charge is -2.11. The van der Waals surface area contributed by atoms with Crippen molar-refractivity contribution in [2.24, 2.45) is 0 Å². The van der Waals surface area contributed by atoms with E-state index in [-0.39, 0.29) is 0 Å². The fourth-order valence-corrected chi connectivity index (χ4v) is 19.3. The predicted molar refractivity (Wildman–Crippen MR) is 560 cm³/mol. The van der Waals surface area contributed by atoms with Crippen LogP contribution in [0.2, 0.25) is 0 Å². The summed E-state index contributed by atoms with van der Waals surface area (Å²) in [7, 11) is 0. The molecule has 0 N–H and O–H groups in total. The van der Waals surface area contributed by atoms with E-state index in [4.69, 9.17) is 58.1 Å². The summed E-state index contributed by atoms with van der Waals surface area (Å²) in [5.74, 6) is 1.40. The van der Waals surface area contributed by atoms with Crippen LogP contribution in [0.15, 0.2) is 481 Å². The van der Waals surface area contributed by atoms with Crippen molar-refractivity contribution in [3.63, 3.8) is 0 Å². The van der Waals surface area contributed by atoms with Crippen molar-refractivity contribution < 1.29 is 13.3 Å². The van der Waals surface area contributed by atoms with E-state index in [0.717, 1.165) is 255 Å². The molecule has 0 fully saturated rings. The predicted octanol–water partition coefficient (Wildman–Crippen LogP) is 32.8. The second kappa shape index (κ2) is 34.6. The van der Waals surface area contributed by atoms with E-state index in [1.807, 2.05) is 158 Å². The Morgan fingerprint density at radius 1 is 0.153 bits per heavy atom. The second-order valence-electron chi connectivity index (χ2n) is 34.0. The van der Waals surface area contributed by atoms with Gasteiger partial charge in [-0.25, -0.2) is 29.9 Å². The minimum absolute atomic E-state index is 0.698. The Bertz CT molecular complexity index is 9200. The second-order valence-corrected chi connectivity index (χ2v) is 34.0. The minimum atomic E-state index is 0.698. The molecule has 0 aliphatic heterocycles. The maximum Gasteiger partial charge on any atom is 0.160 e. The van der Waals surface area contributed by atoms with Crippen LogP contribution in [0.5, 0.6) is 0 Å². The van der Waals surface area contributed by atoms with Crippen molar-refractivity contribution in [3.8, 4) is 146 Å². The molecule has 0 aliphatic rings. The van der Waals surface area contributed by atoms with Gasteiger partial charge in [0.05, 0.1) is 62.3 Å². The average Bonchev–Trinajstić information content (AvgIpc) is 1.59. The summed E-state index contributed by atoms with van der Waals surface area (Å²) in [6.07, 6.45) is 5.53.